The van der Waals surface area contributed by atoms with Gasteiger partial charge in [0, 0.05) is 42.5 Å². The number of anilines is 1. The van der Waals surface area contributed by atoms with Crippen LogP contribution in [0.4, 0.5) is 5.69 Å². The average molecular weight is 254 g/mol. The quantitative estimate of drug-likeness (QED) is 0.804. The Morgan fingerprint density at radius 3 is 2.58 bits per heavy atom. The van der Waals surface area contributed by atoms with E-state index in [9.17, 15) is 4.79 Å². The second-order valence-corrected chi connectivity index (χ2v) is 4.35. The first-order chi connectivity index (χ1) is 9.29. The Labute approximate surface area is 113 Å². The fraction of sp³-hybridized carbons (Fsp3) is 0.250. The van der Waals surface area contributed by atoms with Gasteiger partial charge in [0.05, 0.1) is 0 Å². The summed E-state index contributed by atoms with van der Waals surface area (Å²) in [6.07, 6.45) is 3.24. The van der Waals surface area contributed by atoms with E-state index in [0.29, 0.717) is 6.42 Å². The maximum atomic E-state index is 11.5. The summed E-state index contributed by atoms with van der Waals surface area (Å²) in [5, 5.41) is 3.33. The number of carbonyl (C=O) groups is 1. The predicted octanol–water partition coefficient (Wildman–Crippen LogP) is 3.33. The van der Waals surface area contributed by atoms with Crippen LogP contribution in [0, 0.1) is 0 Å². The summed E-state index contributed by atoms with van der Waals surface area (Å²) >= 11 is 0. The van der Waals surface area contributed by atoms with Gasteiger partial charge in [-0.15, -0.1) is 0 Å². The van der Waals surface area contributed by atoms with E-state index >= 15 is 0 Å². The van der Waals surface area contributed by atoms with Crippen LogP contribution in [0.15, 0.2) is 48.7 Å². The lowest BCUT2D eigenvalue weighted by Crippen LogP contribution is -2.06. The number of nitrogens with zero attached hydrogens (tertiary/aromatic N) is 1. The average Bonchev–Trinajstić information content (AvgIpc) is 2.48. The summed E-state index contributed by atoms with van der Waals surface area (Å²) in [7, 11) is 0. The van der Waals surface area contributed by atoms with E-state index < -0.39 is 0 Å². The normalized spacial score (nSPS) is 10.2. The lowest BCUT2D eigenvalue weighted by atomic mass is 10.1. The third-order valence-corrected chi connectivity index (χ3v) is 2.96. The molecule has 0 aliphatic heterocycles. The third kappa shape index (κ3) is 3.91. The fourth-order valence-corrected chi connectivity index (χ4v) is 1.86. The largest absolute Gasteiger partial charge is 0.385 e. The first kappa shape index (κ1) is 13.3. The van der Waals surface area contributed by atoms with E-state index in [1.165, 1.54) is 0 Å². The molecule has 0 amide bonds. The number of benzene rings is 1. The number of hydrogen-bond donors (Lipinski definition) is 1. The molecular formula is C16H18N2O. The van der Waals surface area contributed by atoms with Crippen molar-refractivity contribution in [3.8, 4) is 0 Å². The molecule has 19 heavy (non-hydrogen) atoms. The van der Waals surface area contributed by atoms with Gasteiger partial charge in [-0.25, -0.2) is 0 Å². The minimum atomic E-state index is 0.181. The minimum Gasteiger partial charge on any atom is -0.385 e. The summed E-state index contributed by atoms with van der Waals surface area (Å²) in [5.41, 5.74) is 2.88. The first-order valence-electron chi connectivity index (χ1n) is 6.56. The Balaban J connectivity index is 1.85. The van der Waals surface area contributed by atoms with Gasteiger partial charge in [0.15, 0.2) is 5.78 Å². The van der Waals surface area contributed by atoms with Crippen LogP contribution < -0.4 is 5.32 Å². The van der Waals surface area contributed by atoms with Gasteiger partial charge in [-0.05, 0) is 36.4 Å². The zero-order chi connectivity index (χ0) is 13.5. The van der Waals surface area contributed by atoms with Crippen molar-refractivity contribution in [2.45, 2.75) is 19.8 Å². The molecule has 0 atom stereocenters. The number of hydrogen-bond acceptors (Lipinski definition) is 3. The van der Waals surface area contributed by atoms with Crippen molar-refractivity contribution >= 4 is 11.5 Å². The molecule has 0 aliphatic rings. The molecule has 1 heterocycles. The van der Waals surface area contributed by atoms with Crippen molar-refractivity contribution in [3.05, 3.63) is 59.9 Å². The van der Waals surface area contributed by atoms with Gasteiger partial charge < -0.3 is 5.32 Å². The van der Waals surface area contributed by atoms with Crippen molar-refractivity contribution in [3.63, 3.8) is 0 Å². The molecule has 0 bridgehead atoms. The zero-order valence-corrected chi connectivity index (χ0v) is 11.1. The Bertz CT molecular complexity index is 520. The SMILES string of the molecule is CCC(=O)c1ccc(NCCc2ccccn2)cc1. The summed E-state index contributed by atoms with van der Waals surface area (Å²) in [4.78, 5) is 15.8. The molecule has 0 saturated heterocycles. The second-order valence-electron chi connectivity index (χ2n) is 4.35. The summed E-state index contributed by atoms with van der Waals surface area (Å²) in [5.74, 6) is 0.181. The Hall–Kier alpha value is -2.16. The Morgan fingerprint density at radius 1 is 1.16 bits per heavy atom. The lowest BCUT2D eigenvalue weighted by Gasteiger charge is -2.06. The van der Waals surface area contributed by atoms with Crippen LogP contribution in [0.25, 0.3) is 0 Å². The molecule has 98 valence electrons. The predicted molar refractivity (Wildman–Crippen MR) is 77.5 cm³/mol. The molecule has 2 rings (SSSR count). The molecule has 0 spiro atoms. The number of pyridine rings is 1. The highest BCUT2D eigenvalue weighted by molar-refractivity contribution is 5.96. The van der Waals surface area contributed by atoms with E-state index in [1.807, 2.05) is 49.4 Å². The minimum absolute atomic E-state index is 0.181. The maximum Gasteiger partial charge on any atom is 0.162 e. The Kier molecular flexibility index (Phi) is 4.67. The number of carbonyl (C=O) groups excluding carboxylic acids is 1. The third-order valence-electron chi connectivity index (χ3n) is 2.96. The second kappa shape index (κ2) is 6.69. The molecule has 0 fully saturated rings. The molecule has 0 unspecified atom stereocenters. The van der Waals surface area contributed by atoms with E-state index in [-0.39, 0.29) is 5.78 Å². The van der Waals surface area contributed by atoms with Crippen molar-refractivity contribution in [1.29, 1.82) is 0 Å². The van der Waals surface area contributed by atoms with E-state index in [0.717, 1.165) is 29.9 Å². The van der Waals surface area contributed by atoms with Gasteiger partial charge in [-0.2, -0.15) is 0 Å². The van der Waals surface area contributed by atoms with Gasteiger partial charge in [0.2, 0.25) is 0 Å². The molecule has 3 nitrogen and oxygen atoms in total. The van der Waals surface area contributed by atoms with Crippen molar-refractivity contribution in [2.75, 3.05) is 11.9 Å². The molecule has 3 heteroatoms. The number of rotatable bonds is 6. The van der Waals surface area contributed by atoms with Crippen LogP contribution in [-0.2, 0) is 6.42 Å². The van der Waals surface area contributed by atoms with E-state index in [2.05, 4.69) is 10.3 Å². The molecule has 1 N–H and O–H groups in total. The van der Waals surface area contributed by atoms with Crippen LogP contribution in [-0.4, -0.2) is 17.3 Å². The summed E-state index contributed by atoms with van der Waals surface area (Å²) in [6.45, 7) is 2.71. The topological polar surface area (TPSA) is 42.0 Å². The molecule has 0 aliphatic carbocycles. The van der Waals surface area contributed by atoms with Gasteiger partial charge in [-0.3, -0.25) is 9.78 Å². The highest BCUT2D eigenvalue weighted by Crippen LogP contribution is 2.11. The van der Waals surface area contributed by atoms with Crippen LogP contribution in [0.5, 0.6) is 0 Å². The van der Waals surface area contributed by atoms with E-state index in [1.54, 1.807) is 6.20 Å². The van der Waals surface area contributed by atoms with Gasteiger partial charge in [0.25, 0.3) is 0 Å². The molecule has 0 saturated carbocycles. The molecule has 2 aromatic rings. The van der Waals surface area contributed by atoms with Crippen molar-refractivity contribution in [1.82, 2.24) is 4.98 Å². The lowest BCUT2D eigenvalue weighted by molar-refractivity contribution is 0.0988. The zero-order valence-electron chi connectivity index (χ0n) is 11.1. The number of ketones is 1. The number of aromatic nitrogens is 1. The van der Waals surface area contributed by atoms with Crippen LogP contribution in [0.3, 0.4) is 0 Å². The van der Waals surface area contributed by atoms with Crippen LogP contribution >= 0.6 is 0 Å². The number of nitrogens with one attached hydrogen (secondary N) is 1. The first-order valence-corrected chi connectivity index (χ1v) is 6.56. The summed E-state index contributed by atoms with van der Waals surface area (Å²) in [6, 6.07) is 13.6. The highest BCUT2D eigenvalue weighted by atomic mass is 16.1. The number of Topliss-reactive ketones (excluding diaryl/α,β-unsaturated/α-hetero) is 1. The Morgan fingerprint density at radius 2 is 1.95 bits per heavy atom. The van der Waals surface area contributed by atoms with Crippen LogP contribution in [0.1, 0.15) is 29.4 Å². The molecule has 1 aromatic heterocycles. The molecular weight excluding hydrogens is 236 g/mol. The van der Waals surface area contributed by atoms with Crippen molar-refractivity contribution in [2.24, 2.45) is 0 Å². The smallest absolute Gasteiger partial charge is 0.162 e. The summed E-state index contributed by atoms with van der Waals surface area (Å²) < 4.78 is 0. The molecule has 1 aromatic carbocycles. The van der Waals surface area contributed by atoms with E-state index in [4.69, 9.17) is 0 Å². The monoisotopic (exact) mass is 254 g/mol. The maximum absolute atomic E-state index is 11.5. The van der Waals surface area contributed by atoms with Gasteiger partial charge in [-0.1, -0.05) is 13.0 Å². The fourth-order valence-electron chi connectivity index (χ4n) is 1.86. The van der Waals surface area contributed by atoms with Gasteiger partial charge in [0.1, 0.15) is 0 Å². The standard InChI is InChI=1S/C16H18N2O/c1-2-16(19)13-6-8-15(9-7-13)18-12-10-14-5-3-4-11-17-14/h3-9,11,18H,2,10,12H2,1H3. The highest BCUT2D eigenvalue weighted by Gasteiger charge is 2.02. The van der Waals surface area contributed by atoms with Crippen LogP contribution in [0.2, 0.25) is 0 Å². The van der Waals surface area contributed by atoms with Gasteiger partial charge >= 0.3 is 0 Å². The molecule has 0 radical (unpaired) electrons. The van der Waals surface area contributed by atoms with Crippen molar-refractivity contribution < 1.29 is 4.79 Å².